The Bertz CT molecular complexity index is 1150. The van der Waals surface area contributed by atoms with Gasteiger partial charge in [-0.25, -0.2) is 0 Å². The van der Waals surface area contributed by atoms with Gasteiger partial charge in [0.1, 0.15) is 6.54 Å². The molecule has 3 aromatic heterocycles. The van der Waals surface area contributed by atoms with Crippen LogP contribution < -0.4 is 10.7 Å². The highest BCUT2D eigenvalue weighted by atomic mass is 16.5. The predicted molar refractivity (Wildman–Crippen MR) is 95.4 cm³/mol. The molecule has 0 saturated carbocycles. The van der Waals surface area contributed by atoms with Crippen LogP contribution in [0.4, 0.5) is 0 Å². The standard InChI is InChI=1S/C18H14N6O3/c25-15-9-21-24(14-4-2-1-3-13(14)15)11-16(26)20-10-17-22-18(23-27-17)12-5-7-19-8-6-12/h1-9H,10-11H2,(H,20,26). The number of nitrogens with zero attached hydrogens (tertiary/aromatic N) is 5. The predicted octanol–water partition coefficient (Wildman–Crippen LogP) is 1.16. The number of hydrogen-bond donors (Lipinski definition) is 1. The number of benzene rings is 1. The topological polar surface area (TPSA) is 116 Å². The van der Waals surface area contributed by atoms with Crippen LogP contribution in [0.3, 0.4) is 0 Å². The molecule has 134 valence electrons. The minimum Gasteiger partial charge on any atom is -0.345 e. The van der Waals surface area contributed by atoms with Crippen molar-refractivity contribution in [3.8, 4) is 11.4 Å². The Hall–Kier alpha value is -3.88. The first-order valence-corrected chi connectivity index (χ1v) is 8.15. The van der Waals surface area contributed by atoms with Crippen molar-refractivity contribution in [2.75, 3.05) is 0 Å². The lowest BCUT2D eigenvalue weighted by Gasteiger charge is -2.08. The van der Waals surface area contributed by atoms with E-state index in [1.807, 2.05) is 0 Å². The van der Waals surface area contributed by atoms with Gasteiger partial charge in [-0.1, -0.05) is 17.3 Å². The van der Waals surface area contributed by atoms with Crippen LogP contribution in [0.2, 0.25) is 0 Å². The van der Waals surface area contributed by atoms with E-state index >= 15 is 0 Å². The van der Waals surface area contributed by atoms with Gasteiger partial charge >= 0.3 is 0 Å². The molecule has 0 fully saturated rings. The SMILES string of the molecule is O=C(Cn1ncc(=O)c2ccccc21)NCc1nc(-c2ccncc2)no1. The largest absolute Gasteiger partial charge is 0.345 e. The first-order chi connectivity index (χ1) is 13.2. The fourth-order valence-corrected chi connectivity index (χ4v) is 2.60. The number of nitrogens with one attached hydrogen (secondary N) is 1. The van der Waals surface area contributed by atoms with Crippen molar-refractivity contribution in [3.05, 3.63) is 71.1 Å². The summed E-state index contributed by atoms with van der Waals surface area (Å²) in [6.45, 7) is 0.0567. The van der Waals surface area contributed by atoms with Crippen LogP contribution in [0, 0.1) is 0 Å². The molecule has 0 atom stereocenters. The zero-order valence-electron chi connectivity index (χ0n) is 14.1. The third kappa shape index (κ3) is 3.56. The van der Waals surface area contributed by atoms with Gasteiger partial charge in [-0.15, -0.1) is 0 Å². The van der Waals surface area contributed by atoms with Crippen molar-refractivity contribution in [1.29, 1.82) is 0 Å². The number of fused-ring (bicyclic) bond motifs is 1. The molecule has 9 heteroatoms. The molecule has 27 heavy (non-hydrogen) atoms. The molecule has 4 rings (SSSR count). The van der Waals surface area contributed by atoms with E-state index in [9.17, 15) is 9.59 Å². The molecule has 0 saturated heterocycles. The average molecular weight is 362 g/mol. The van der Waals surface area contributed by atoms with E-state index in [0.717, 1.165) is 5.56 Å². The Balaban J connectivity index is 1.43. The van der Waals surface area contributed by atoms with E-state index in [1.165, 1.54) is 10.9 Å². The lowest BCUT2D eigenvalue weighted by atomic mass is 10.2. The Morgan fingerprint density at radius 3 is 2.81 bits per heavy atom. The summed E-state index contributed by atoms with van der Waals surface area (Å²) < 4.78 is 6.62. The zero-order valence-corrected chi connectivity index (χ0v) is 14.1. The maximum atomic E-state index is 12.2. The number of carbonyl (C=O) groups is 1. The van der Waals surface area contributed by atoms with Crippen molar-refractivity contribution in [2.24, 2.45) is 0 Å². The zero-order chi connectivity index (χ0) is 18.6. The molecular weight excluding hydrogens is 348 g/mol. The van der Waals surface area contributed by atoms with Crippen LogP contribution in [0.1, 0.15) is 5.89 Å². The summed E-state index contributed by atoms with van der Waals surface area (Å²) >= 11 is 0. The van der Waals surface area contributed by atoms with Gasteiger partial charge < -0.3 is 9.84 Å². The van der Waals surface area contributed by atoms with Crippen molar-refractivity contribution in [3.63, 3.8) is 0 Å². The molecule has 1 amide bonds. The third-order valence-electron chi connectivity index (χ3n) is 3.90. The molecule has 0 bridgehead atoms. The lowest BCUT2D eigenvalue weighted by Crippen LogP contribution is -2.28. The molecule has 0 aliphatic heterocycles. The van der Waals surface area contributed by atoms with Crippen molar-refractivity contribution < 1.29 is 9.32 Å². The monoisotopic (exact) mass is 362 g/mol. The Morgan fingerprint density at radius 1 is 1.15 bits per heavy atom. The maximum absolute atomic E-state index is 12.2. The first kappa shape index (κ1) is 16.6. The number of pyridine rings is 1. The number of hydrogen-bond acceptors (Lipinski definition) is 7. The van der Waals surface area contributed by atoms with Crippen LogP contribution in [-0.4, -0.2) is 30.8 Å². The summed E-state index contributed by atoms with van der Waals surface area (Å²) in [5, 5.41) is 11.1. The molecule has 9 nitrogen and oxygen atoms in total. The minimum atomic E-state index is -0.292. The highest BCUT2D eigenvalue weighted by Crippen LogP contribution is 2.13. The molecule has 0 spiro atoms. The second-order valence-corrected chi connectivity index (χ2v) is 5.71. The van der Waals surface area contributed by atoms with E-state index in [2.05, 4.69) is 25.5 Å². The van der Waals surface area contributed by atoms with E-state index in [0.29, 0.717) is 16.7 Å². The van der Waals surface area contributed by atoms with Gasteiger partial charge in [0, 0.05) is 23.3 Å². The van der Waals surface area contributed by atoms with Gasteiger partial charge in [-0.05, 0) is 24.3 Å². The molecule has 4 aromatic rings. The van der Waals surface area contributed by atoms with Gasteiger partial charge in [0.25, 0.3) is 0 Å². The first-order valence-electron chi connectivity index (χ1n) is 8.15. The Morgan fingerprint density at radius 2 is 1.96 bits per heavy atom. The number of amides is 1. The summed E-state index contributed by atoms with van der Waals surface area (Å²) in [6, 6.07) is 10.5. The van der Waals surface area contributed by atoms with Crippen molar-refractivity contribution >= 4 is 16.8 Å². The number of carbonyl (C=O) groups excluding carboxylic acids is 1. The highest BCUT2D eigenvalue weighted by Gasteiger charge is 2.11. The smallest absolute Gasteiger partial charge is 0.246 e. The van der Waals surface area contributed by atoms with E-state index in [-0.39, 0.29) is 30.3 Å². The van der Waals surface area contributed by atoms with E-state index < -0.39 is 0 Å². The molecule has 1 aromatic carbocycles. The quantitative estimate of drug-likeness (QED) is 0.566. The van der Waals surface area contributed by atoms with Gasteiger partial charge in [-0.3, -0.25) is 19.3 Å². The molecule has 0 aliphatic carbocycles. The molecule has 1 N–H and O–H groups in total. The lowest BCUT2D eigenvalue weighted by molar-refractivity contribution is -0.122. The summed E-state index contributed by atoms with van der Waals surface area (Å²) in [5.41, 5.74) is 1.19. The Kier molecular flexibility index (Phi) is 4.40. The van der Waals surface area contributed by atoms with Crippen LogP contribution in [0.15, 0.2) is 64.3 Å². The van der Waals surface area contributed by atoms with Gasteiger partial charge in [-0.2, -0.15) is 10.1 Å². The second-order valence-electron chi connectivity index (χ2n) is 5.71. The van der Waals surface area contributed by atoms with E-state index in [1.54, 1.807) is 48.8 Å². The molecular formula is C18H14N6O3. The number of aromatic nitrogens is 5. The molecule has 0 radical (unpaired) electrons. The van der Waals surface area contributed by atoms with Gasteiger partial charge in [0.15, 0.2) is 0 Å². The Labute approximate surface area is 152 Å². The van der Waals surface area contributed by atoms with Crippen LogP contribution in [0.5, 0.6) is 0 Å². The molecule has 3 heterocycles. The summed E-state index contributed by atoms with van der Waals surface area (Å²) in [6.07, 6.45) is 4.47. The van der Waals surface area contributed by atoms with Gasteiger partial charge in [0.05, 0.1) is 18.3 Å². The molecule has 0 aliphatic rings. The van der Waals surface area contributed by atoms with Crippen molar-refractivity contribution in [1.82, 2.24) is 30.2 Å². The highest BCUT2D eigenvalue weighted by molar-refractivity contribution is 5.81. The van der Waals surface area contributed by atoms with Crippen LogP contribution in [0.25, 0.3) is 22.3 Å². The number of rotatable bonds is 5. The van der Waals surface area contributed by atoms with Crippen molar-refractivity contribution in [2.45, 2.75) is 13.1 Å². The normalized spacial score (nSPS) is 10.8. The van der Waals surface area contributed by atoms with E-state index in [4.69, 9.17) is 4.52 Å². The third-order valence-corrected chi connectivity index (χ3v) is 3.90. The van der Waals surface area contributed by atoms with Gasteiger partial charge in [0.2, 0.25) is 23.1 Å². The fourth-order valence-electron chi connectivity index (χ4n) is 2.60. The summed E-state index contributed by atoms with van der Waals surface area (Å²) in [7, 11) is 0. The second kappa shape index (κ2) is 7.16. The molecule has 0 unspecified atom stereocenters. The minimum absolute atomic E-state index is 0.0356. The maximum Gasteiger partial charge on any atom is 0.246 e. The van der Waals surface area contributed by atoms with Crippen LogP contribution in [-0.2, 0) is 17.9 Å². The summed E-state index contributed by atoms with van der Waals surface area (Å²) in [4.78, 5) is 32.3. The fraction of sp³-hybridized carbons (Fsp3) is 0.111. The van der Waals surface area contributed by atoms with Crippen LogP contribution >= 0.6 is 0 Å². The number of para-hydroxylation sites is 1. The average Bonchev–Trinajstić information content (AvgIpc) is 3.19. The summed E-state index contributed by atoms with van der Waals surface area (Å²) in [5.74, 6) is 0.419.